The van der Waals surface area contributed by atoms with Crippen LogP contribution in [0.25, 0.3) is 0 Å². The summed E-state index contributed by atoms with van der Waals surface area (Å²) in [7, 11) is 0. The monoisotopic (exact) mass is 410 g/mol. The Morgan fingerprint density at radius 1 is 0.967 bits per heavy atom. The number of anilines is 1. The van der Waals surface area contributed by atoms with Crippen molar-refractivity contribution in [2.24, 2.45) is 5.92 Å². The van der Waals surface area contributed by atoms with Crippen molar-refractivity contribution in [1.29, 1.82) is 0 Å². The summed E-state index contributed by atoms with van der Waals surface area (Å²) < 4.78 is 13.8. The first-order valence-corrected chi connectivity index (χ1v) is 11.0. The number of carbonyl (C=O) groups is 1. The number of nitrogens with one attached hydrogen (secondary N) is 2. The minimum Gasteiger partial charge on any atom is -0.371 e. The number of nitrogens with zero attached hydrogens (tertiary/aromatic N) is 2. The minimum absolute atomic E-state index is 0.0688. The molecule has 0 unspecified atom stereocenters. The fourth-order valence-electron chi connectivity index (χ4n) is 4.45. The van der Waals surface area contributed by atoms with Gasteiger partial charge in [0.1, 0.15) is 5.82 Å². The molecular formula is C24H31FN4O. The summed E-state index contributed by atoms with van der Waals surface area (Å²) in [6, 6.07) is 17.5. The van der Waals surface area contributed by atoms with Gasteiger partial charge in [0.2, 0.25) is 0 Å². The van der Waals surface area contributed by atoms with Crippen molar-refractivity contribution < 1.29 is 9.18 Å². The predicted octanol–water partition coefficient (Wildman–Crippen LogP) is 3.62. The highest BCUT2D eigenvalue weighted by Crippen LogP contribution is 2.23. The molecule has 0 aromatic heterocycles. The quantitative estimate of drug-likeness (QED) is 0.765. The van der Waals surface area contributed by atoms with Gasteiger partial charge >= 0.3 is 6.03 Å². The molecule has 0 spiro atoms. The van der Waals surface area contributed by atoms with E-state index in [0.717, 1.165) is 51.0 Å². The normalized spacial score (nSPS) is 20.3. The molecule has 160 valence electrons. The molecule has 0 aliphatic carbocycles. The number of rotatable bonds is 6. The van der Waals surface area contributed by atoms with Gasteiger partial charge in [0.15, 0.2) is 0 Å². The van der Waals surface area contributed by atoms with Gasteiger partial charge in [-0.1, -0.05) is 36.4 Å². The fraction of sp³-hybridized carbons (Fsp3) is 0.458. The zero-order valence-corrected chi connectivity index (χ0v) is 17.4. The van der Waals surface area contributed by atoms with Gasteiger partial charge in [-0.05, 0) is 43.4 Å². The van der Waals surface area contributed by atoms with Gasteiger partial charge in [-0.2, -0.15) is 0 Å². The standard InChI is InChI=1S/C24H31FN4O/c25-23-9-5-4-6-20(23)18-28-13-11-21(12-14-28)27-24(30)26-16-19-10-15-29(17-19)22-7-2-1-3-8-22/h1-9,19,21H,10-18H2,(H2,26,27,30)/t19-/m0/s1. The Balaban J connectivity index is 1.14. The SMILES string of the molecule is O=C(NC[C@@H]1CCN(c2ccccc2)C1)NC1CCN(Cc2ccccc2F)CC1. The number of hydrogen-bond acceptors (Lipinski definition) is 3. The van der Waals surface area contributed by atoms with Gasteiger partial charge in [0.05, 0.1) is 0 Å². The molecule has 0 bridgehead atoms. The molecule has 2 saturated heterocycles. The van der Waals surface area contributed by atoms with E-state index >= 15 is 0 Å². The highest BCUT2D eigenvalue weighted by molar-refractivity contribution is 5.74. The first kappa shape index (κ1) is 20.7. The number of halogens is 1. The Hall–Kier alpha value is -2.60. The lowest BCUT2D eigenvalue weighted by Crippen LogP contribution is -2.48. The molecule has 2 heterocycles. The Morgan fingerprint density at radius 3 is 2.47 bits per heavy atom. The Bertz CT molecular complexity index is 823. The van der Waals surface area contributed by atoms with E-state index in [9.17, 15) is 9.18 Å². The summed E-state index contributed by atoms with van der Waals surface area (Å²) >= 11 is 0. The van der Waals surface area contributed by atoms with Gasteiger partial charge in [0.25, 0.3) is 0 Å². The molecule has 30 heavy (non-hydrogen) atoms. The largest absolute Gasteiger partial charge is 0.371 e. The van der Waals surface area contributed by atoms with E-state index in [-0.39, 0.29) is 17.9 Å². The second-order valence-corrected chi connectivity index (χ2v) is 8.43. The third kappa shape index (κ3) is 5.51. The van der Waals surface area contributed by atoms with Crippen molar-refractivity contribution in [2.45, 2.75) is 31.8 Å². The first-order valence-electron chi connectivity index (χ1n) is 11.0. The number of benzene rings is 2. The molecule has 2 N–H and O–H groups in total. The molecule has 2 aromatic carbocycles. The second kappa shape index (κ2) is 9.94. The third-order valence-electron chi connectivity index (χ3n) is 6.23. The second-order valence-electron chi connectivity index (χ2n) is 8.43. The van der Waals surface area contributed by atoms with Crippen LogP contribution in [-0.2, 0) is 6.54 Å². The van der Waals surface area contributed by atoms with Crippen LogP contribution in [0.2, 0.25) is 0 Å². The van der Waals surface area contributed by atoms with Gasteiger partial charge in [-0.25, -0.2) is 9.18 Å². The maximum absolute atomic E-state index is 13.8. The number of amides is 2. The average Bonchev–Trinajstić information content (AvgIpc) is 3.25. The Labute approximate surface area is 178 Å². The molecule has 0 saturated carbocycles. The average molecular weight is 411 g/mol. The van der Waals surface area contributed by atoms with Gasteiger partial charge in [-0.3, -0.25) is 4.90 Å². The van der Waals surface area contributed by atoms with Crippen molar-refractivity contribution in [2.75, 3.05) is 37.6 Å². The number of hydrogen-bond donors (Lipinski definition) is 2. The summed E-state index contributed by atoms with van der Waals surface area (Å²) in [5.41, 5.74) is 1.99. The van der Waals surface area contributed by atoms with E-state index in [1.165, 1.54) is 11.8 Å². The Morgan fingerprint density at radius 2 is 1.70 bits per heavy atom. The lowest BCUT2D eigenvalue weighted by Gasteiger charge is -2.32. The zero-order chi connectivity index (χ0) is 20.8. The van der Waals surface area contributed by atoms with Gasteiger partial charge < -0.3 is 15.5 Å². The summed E-state index contributed by atoms with van der Waals surface area (Å²) in [4.78, 5) is 17.0. The lowest BCUT2D eigenvalue weighted by atomic mass is 10.0. The van der Waals surface area contributed by atoms with Crippen LogP contribution in [0.4, 0.5) is 14.9 Å². The van der Waals surface area contributed by atoms with Crippen LogP contribution >= 0.6 is 0 Å². The summed E-state index contributed by atoms with van der Waals surface area (Å²) in [5.74, 6) is 0.341. The number of urea groups is 1. The van der Waals surface area contributed by atoms with Gasteiger partial charge in [-0.15, -0.1) is 0 Å². The molecule has 1 atom stereocenters. The maximum Gasteiger partial charge on any atom is 0.315 e. The van der Waals surface area contributed by atoms with Gasteiger partial charge in [0, 0.05) is 56.6 Å². The van der Waals surface area contributed by atoms with E-state index < -0.39 is 0 Å². The van der Waals surface area contributed by atoms with Crippen molar-refractivity contribution >= 4 is 11.7 Å². The summed E-state index contributed by atoms with van der Waals surface area (Å²) in [6.07, 6.45) is 2.89. The van der Waals surface area contributed by atoms with E-state index in [4.69, 9.17) is 0 Å². The molecule has 2 aliphatic heterocycles. The minimum atomic E-state index is -0.144. The van der Waals surface area contributed by atoms with E-state index in [1.54, 1.807) is 6.07 Å². The van der Waals surface area contributed by atoms with Crippen LogP contribution in [0.1, 0.15) is 24.8 Å². The van der Waals surface area contributed by atoms with Crippen molar-refractivity contribution in [3.05, 3.63) is 66.0 Å². The predicted molar refractivity (Wildman–Crippen MR) is 118 cm³/mol. The highest BCUT2D eigenvalue weighted by Gasteiger charge is 2.24. The first-order chi connectivity index (χ1) is 14.7. The van der Waals surface area contributed by atoms with Crippen LogP contribution in [0.15, 0.2) is 54.6 Å². The number of carbonyl (C=O) groups excluding carboxylic acids is 1. The zero-order valence-electron chi connectivity index (χ0n) is 17.4. The topological polar surface area (TPSA) is 47.6 Å². The number of para-hydroxylation sites is 1. The van der Waals surface area contributed by atoms with Crippen molar-refractivity contribution in [3.63, 3.8) is 0 Å². The summed E-state index contributed by atoms with van der Waals surface area (Å²) in [5, 5.41) is 6.18. The fourth-order valence-corrected chi connectivity index (χ4v) is 4.45. The van der Waals surface area contributed by atoms with E-state index in [1.807, 2.05) is 18.2 Å². The van der Waals surface area contributed by atoms with Crippen LogP contribution in [0.3, 0.4) is 0 Å². The van der Waals surface area contributed by atoms with Crippen LogP contribution in [-0.4, -0.2) is 49.7 Å². The molecule has 2 aliphatic rings. The molecule has 2 amide bonds. The molecular weight excluding hydrogens is 379 g/mol. The lowest BCUT2D eigenvalue weighted by molar-refractivity contribution is 0.185. The maximum atomic E-state index is 13.8. The molecule has 4 rings (SSSR count). The van der Waals surface area contributed by atoms with Crippen LogP contribution in [0, 0.1) is 11.7 Å². The third-order valence-corrected chi connectivity index (χ3v) is 6.23. The summed E-state index contributed by atoms with van der Waals surface area (Å²) in [6.45, 7) is 5.10. The number of likely N-dealkylation sites (tertiary alicyclic amines) is 1. The van der Waals surface area contributed by atoms with Crippen LogP contribution in [0.5, 0.6) is 0 Å². The molecule has 2 fully saturated rings. The smallest absolute Gasteiger partial charge is 0.315 e. The molecule has 2 aromatic rings. The van der Waals surface area contributed by atoms with Crippen LogP contribution < -0.4 is 15.5 Å². The molecule has 5 nitrogen and oxygen atoms in total. The van der Waals surface area contributed by atoms with E-state index in [0.29, 0.717) is 19.0 Å². The van der Waals surface area contributed by atoms with Crippen molar-refractivity contribution in [1.82, 2.24) is 15.5 Å². The van der Waals surface area contributed by atoms with Crippen molar-refractivity contribution in [3.8, 4) is 0 Å². The Kier molecular flexibility index (Phi) is 6.84. The molecule has 6 heteroatoms. The van der Waals surface area contributed by atoms with E-state index in [2.05, 4.69) is 44.7 Å². The molecule has 0 radical (unpaired) electrons. The highest BCUT2D eigenvalue weighted by atomic mass is 19.1. The number of piperidine rings is 1.